The highest BCUT2D eigenvalue weighted by Crippen LogP contribution is 2.22. The van der Waals surface area contributed by atoms with Crippen LogP contribution in [-0.4, -0.2) is 53.4 Å². The van der Waals surface area contributed by atoms with Crippen molar-refractivity contribution in [1.29, 1.82) is 0 Å². The maximum absolute atomic E-state index is 12.3. The predicted molar refractivity (Wildman–Crippen MR) is 89.3 cm³/mol. The summed E-state index contributed by atoms with van der Waals surface area (Å²) < 4.78 is 15.6. The molecular weight excluding hydrogens is 340 g/mol. The highest BCUT2D eigenvalue weighted by atomic mass is 16.7. The highest BCUT2D eigenvalue weighted by molar-refractivity contribution is 5.90. The lowest BCUT2D eigenvalue weighted by atomic mass is 10.0. The second kappa shape index (κ2) is 8.09. The molecule has 0 spiro atoms. The van der Waals surface area contributed by atoms with Crippen molar-refractivity contribution in [1.82, 2.24) is 0 Å². The first-order valence-corrected chi connectivity index (χ1v) is 8.06. The first-order chi connectivity index (χ1) is 12.6. The molecule has 2 aromatic carbocycles. The van der Waals surface area contributed by atoms with Gasteiger partial charge in [0.05, 0.1) is 17.7 Å². The van der Waals surface area contributed by atoms with Crippen molar-refractivity contribution in [2.45, 2.75) is 24.6 Å². The summed E-state index contributed by atoms with van der Waals surface area (Å²) in [5, 5.41) is 19.8. The van der Waals surface area contributed by atoms with Gasteiger partial charge in [-0.3, -0.25) is 0 Å². The fourth-order valence-corrected chi connectivity index (χ4v) is 2.56. The van der Waals surface area contributed by atoms with Crippen molar-refractivity contribution in [2.24, 2.45) is 0 Å². The summed E-state index contributed by atoms with van der Waals surface area (Å²) in [6, 6.07) is 16.4. The minimum absolute atomic E-state index is 0.219. The van der Waals surface area contributed by atoms with Gasteiger partial charge in [-0.1, -0.05) is 36.4 Å². The van der Waals surface area contributed by atoms with E-state index in [2.05, 4.69) is 0 Å². The van der Waals surface area contributed by atoms with Crippen LogP contribution in [0.15, 0.2) is 60.7 Å². The number of esters is 2. The molecule has 7 heteroatoms. The Morgan fingerprint density at radius 2 is 1.35 bits per heavy atom. The molecule has 0 amide bonds. The smallest absolute Gasteiger partial charge is 0.338 e. The van der Waals surface area contributed by atoms with Crippen molar-refractivity contribution in [3.63, 3.8) is 0 Å². The number of ether oxygens (including phenoxy) is 3. The monoisotopic (exact) mass is 358 g/mol. The maximum atomic E-state index is 12.3. The van der Waals surface area contributed by atoms with E-state index in [9.17, 15) is 19.8 Å². The number of benzene rings is 2. The minimum Gasteiger partial charge on any atom is -0.452 e. The number of hydrogen-bond acceptors (Lipinski definition) is 7. The van der Waals surface area contributed by atoms with Crippen molar-refractivity contribution in [3.8, 4) is 0 Å². The molecule has 0 unspecified atom stereocenters. The zero-order chi connectivity index (χ0) is 18.5. The topological polar surface area (TPSA) is 102 Å². The van der Waals surface area contributed by atoms with Gasteiger partial charge in [0.2, 0.25) is 0 Å². The summed E-state index contributed by atoms with van der Waals surface area (Å²) in [5.74, 6) is -1.35. The van der Waals surface area contributed by atoms with Crippen LogP contribution in [0.4, 0.5) is 0 Å². The Bertz CT molecular complexity index is 747. The van der Waals surface area contributed by atoms with Gasteiger partial charge in [-0.05, 0) is 24.3 Å². The highest BCUT2D eigenvalue weighted by Gasteiger charge is 2.43. The van der Waals surface area contributed by atoms with Crippen LogP contribution < -0.4 is 0 Å². The van der Waals surface area contributed by atoms with Gasteiger partial charge in [0.15, 0.2) is 18.5 Å². The SMILES string of the molecule is O=C(O[C@@H]1[C@@H](O)[C@H](O)OC[C@H]1OC(=O)c1ccccc1)c1ccccc1. The number of carbonyl (C=O) groups is 2. The van der Waals surface area contributed by atoms with Gasteiger partial charge in [-0.25, -0.2) is 9.59 Å². The summed E-state index contributed by atoms with van der Waals surface area (Å²) in [6.07, 6.45) is -5.42. The molecule has 3 rings (SSSR count). The van der Waals surface area contributed by atoms with Crippen LogP contribution >= 0.6 is 0 Å². The van der Waals surface area contributed by atoms with Crippen molar-refractivity contribution in [3.05, 3.63) is 71.8 Å². The molecule has 2 aromatic rings. The van der Waals surface area contributed by atoms with E-state index in [0.717, 1.165) is 0 Å². The largest absolute Gasteiger partial charge is 0.452 e. The van der Waals surface area contributed by atoms with E-state index in [1.54, 1.807) is 60.7 Å². The van der Waals surface area contributed by atoms with Gasteiger partial charge in [0.25, 0.3) is 0 Å². The summed E-state index contributed by atoms with van der Waals surface area (Å²) in [7, 11) is 0. The van der Waals surface area contributed by atoms with Crippen LogP contribution in [-0.2, 0) is 14.2 Å². The third-order valence-electron chi connectivity index (χ3n) is 3.95. The van der Waals surface area contributed by atoms with Gasteiger partial charge in [0, 0.05) is 0 Å². The average molecular weight is 358 g/mol. The van der Waals surface area contributed by atoms with Crippen LogP contribution in [0.3, 0.4) is 0 Å². The van der Waals surface area contributed by atoms with E-state index in [0.29, 0.717) is 5.56 Å². The molecular formula is C19H18O7. The zero-order valence-electron chi connectivity index (χ0n) is 13.7. The Kier molecular flexibility index (Phi) is 5.62. The van der Waals surface area contributed by atoms with E-state index >= 15 is 0 Å². The van der Waals surface area contributed by atoms with Crippen LogP contribution in [0.1, 0.15) is 20.7 Å². The summed E-state index contributed by atoms with van der Waals surface area (Å²) >= 11 is 0. The van der Waals surface area contributed by atoms with Gasteiger partial charge < -0.3 is 24.4 Å². The third kappa shape index (κ3) is 4.08. The first-order valence-electron chi connectivity index (χ1n) is 8.06. The molecule has 2 N–H and O–H groups in total. The summed E-state index contributed by atoms with van der Waals surface area (Å²) in [4.78, 5) is 24.5. The maximum Gasteiger partial charge on any atom is 0.338 e. The second-order valence-electron chi connectivity index (χ2n) is 5.76. The molecule has 7 nitrogen and oxygen atoms in total. The molecule has 0 aromatic heterocycles. The second-order valence-corrected chi connectivity index (χ2v) is 5.76. The molecule has 0 bridgehead atoms. The molecule has 26 heavy (non-hydrogen) atoms. The van der Waals surface area contributed by atoms with Crippen LogP contribution in [0.25, 0.3) is 0 Å². The van der Waals surface area contributed by atoms with E-state index in [4.69, 9.17) is 14.2 Å². The average Bonchev–Trinajstić information content (AvgIpc) is 2.68. The van der Waals surface area contributed by atoms with E-state index in [1.807, 2.05) is 0 Å². The van der Waals surface area contributed by atoms with Gasteiger partial charge in [0.1, 0.15) is 6.10 Å². The van der Waals surface area contributed by atoms with Crippen molar-refractivity contribution < 1.29 is 34.0 Å². The Balaban J connectivity index is 1.74. The van der Waals surface area contributed by atoms with Crippen LogP contribution in [0.2, 0.25) is 0 Å². The molecule has 1 fully saturated rings. The molecule has 0 saturated carbocycles. The molecule has 0 radical (unpaired) electrons. The lowest BCUT2D eigenvalue weighted by Crippen LogP contribution is -2.56. The van der Waals surface area contributed by atoms with Gasteiger partial charge >= 0.3 is 11.9 Å². The minimum atomic E-state index is -1.55. The normalized spacial score (nSPS) is 25.3. The molecule has 136 valence electrons. The van der Waals surface area contributed by atoms with Crippen molar-refractivity contribution >= 4 is 11.9 Å². The zero-order valence-corrected chi connectivity index (χ0v) is 13.7. The number of rotatable bonds is 4. The molecule has 0 aliphatic carbocycles. The quantitative estimate of drug-likeness (QED) is 0.790. The Hall–Kier alpha value is -2.74. The standard InChI is InChI=1S/C19H18O7/c20-15-16(26-18(22)13-9-5-2-6-10-13)14(11-24-19(15)23)25-17(21)12-7-3-1-4-8-12/h1-10,14-16,19-20,23H,11H2/t14-,15-,16+,19-/m1/s1. The number of hydrogen-bond donors (Lipinski definition) is 2. The third-order valence-corrected chi connectivity index (χ3v) is 3.95. The fourth-order valence-electron chi connectivity index (χ4n) is 2.56. The number of carbonyl (C=O) groups excluding carboxylic acids is 2. The van der Waals surface area contributed by atoms with Crippen molar-refractivity contribution in [2.75, 3.05) is 6.61 Å². The first kappa shape index (κ1) is 18.1. The number of aliphatic hydroxyl groups excluding tert-OH is 2. The fraction of sp³-hybridized carbons (Fsp3) is 0.263. The summed E-state index contributed by atoms with van der Waals surface area (Å²) in [5.41, 5.74) is 0.579. The van der Waals surface area contributed by atoms with Gasteiger partial charge in [-0.15, -0.1) is 0 Å². The lowest BCUT2D eigenvalue weighted by molar-refractivity contribution is -0.251. The Morgan fingerprint density at radius 1 is 0.846 bits per heavy atom. The van der Waals surface area contributed by atoms with Crippen LogP contribution in [0, 0.1) is 0 Å². The Morgan fingerprint density at radius 3 is 1.88 bits per heavy atom. The molecule has 1 aliphatic heterocycles. The van der Waals surface area contributed by atoms with E-state index < -0.39 is 36.5 Å². The molecule has 1 saturated heterocycles. The Labute approximate surface area is 149 Å². The van der Waals surface area contributed by atoms with E-state index in [1.165, 1.54) is 0 Å². The lowest BCUT2D eigenvalue weighted by Gasteiger charge is -2.36. The molecule has 4 atom stereocenters. The van der Waals surface area contributed by atoms with Crippen LogP contribution in [0.5, 0.6) is 0 Å². The molecule has 1 heterocycles. The predicted octanol–water partition coefficient (Wildman–Crippen LogP) is 1.15. The summed E-state index contributed by atoms with van der Waals surface area (Å²) in [6.45, 7) is -0.219. The number of aliphatic hydroxyl groups is 2. The van der Waals surface area contributed by atoms with E-state index in [-0.39, 0.29) is 12.2 Å². The van der Waals surface area contributed by atoms with Gasteiger partial charge in [-0.2, -0.15) is 0 Å². The molecule has 1 aliphatic rings.